The summed E-state index contributed by atoms with van der Waals surface area (Å²) in [7, 11) is 6.84. The van der Waals surface area contributed by atoms with Crippen LogP contribution in [-0.4, -0.2) is 28.4 Å². The van der Waals surface area contributed by atoms with Crippen LogP contribution >= 0.6 is 0 Å². The molecule has 4 nitrogen and oxygen atoms in total. The minimum Gasteiger partial charge on any atom is -0.496 e. The normalized spacial score (nSPS) is 10.5. The third kappa shape index (κ3) is 4.63. The van der Waals surface area contributed by atoms with Crippen molar-refractivity contribution in [3.05, 3.63) is 46.5 Å². The van der Waals surface area contributed by atoms with E-state index in [4.69, 9.17) is 18.9 Å². The Morgan fingerprint density at radius 3 is 1.19 bits per heavy atom. The first-order valence-electron chi connectivity index (χ1n) is 8.97. The molecule has 0 radical (unpaired) electrons. The molecule has 0 spiro atoms. The zero-order valence-corrected chi connectivity index (χ0v) is 16.8. The van der Waals surface area contributed by atoms with Gasteiger partial charge in [0, 0.05) is 0 Å². The van der Waals surface area contributed by atoms with Gasteiger partial charge in [0.2, 0.25) is 0 Å². The molecule has 0 bridgehead atoms. The van der Waals surface area contributed by atoms with Crippen molar-refractivity contribution < 1.29 is 18.9 Å². The predicted molar refractivity (Wildman–Crippen MR) is 105 cm³/mol. The summed E-state index contributed by atoms with van der Waals surface area (Å²) in [5, 5.41) is 0. The smallest absolute Gasteiger partial charge is 0.122 e. The van der Waals surface area contributed by atoms with Gasteiger partial charge < -0.3 is 18.9 Å². The van der Waals surface area contributed by atoms with Crippen LogP contribution in [0.15, 0.2) is 24.3 Å². The van der Waals surface area contributed by atoms with Crippen LogP contribution in [0.4, 0.5) is 0 Å². The Morgan fingerprint density at radius 2 is 0.885 bits per heavy atom. The van der Waals surface area contributed by atoms with Gasteiger partial charge in [-0.25, -0.2) is 0 Å². The van der Waals surface area contributed by atoms with Crippen LogP contribution in [0.2, 0.25) is 0 Å². The molecule has 0 aromatic heterocycles. The molecule has 0 atom stereocenters. The van der Waals surface area contributed by atoms with Crippen molar-refractivity contribution in [3.63, 3.8) is 0 Å². The van der Waals surface area contributed by atoms with Gasteiger partial charge in [-0.1, -0.05) is 0 Å². The molecule has 0 saturated heterocycles. The summed E-state index contributed by atoms with van der Waals surface area (Å²) >= 11 is 0. The van der Waals surface area contributed by atoms with E-state index in [-0.39, 0.29) is 0 Å². The predicted octanol–water partition coefficient (Wildman–Crippen LogP) is 4.90. The lowest BCUT2D eigenvalue weighted by Gasteiger charge is -2.14. The van der Waals surface area contributed by atoms with Gasteiger partial charge in [0.1, 0.15) is 23.0 Å². The first-order valence-corrected chi connectivity index (χ1v) is 8.97. The van der Waals surface area contributed by atoms with Crippen LogP contribution in [0.3, 0.4) is 0 Å². The average molecular weight is 358 g/mol. The second-order valence-corrected chi connectivity index (χ2v) is 6.47. The molecule has 0 saturated carbocycles. The van der Waals surface area contributed by atoms with Crippen molar-refractivity contribution in [3.8, 4) is 23.0 Å². The number of methoxy groups -OCH3 is 4. The summed E-state index contributed by atoms with van der Waals surface area (Å²) in [6, 6.07) is 8.26. The van der Waals surface area contributed by atoms with E-state index in [2.05, 4.69) is 12.1 Å². The van der Waals surface area contributed by atoms with E-state index < -0.39 is 0 Å². The lowest BCUT2D eigenvalue weighted by molar-refractivity contribution is 0.394. The van der Waals surface area contributed by atoms with E-state index in [9.17, 15) is 0 Å². The number of hydrogen-bond acceptors (Lipinski definition) is 4. The zero-order valence-electron chi connectivity index (χ0n) is 16.8. The van der Waals surface area contributed by atoms with Crippen molar-refractivity contribution in [2.75, 3.05) is 28.4 Å². The average Bonchev–Trinajstić information content (AvgIpc) is 2.66. The van der Waals surface area contributed by atoms with Crippen LogP contribution in [-0.2, 0) is 12.8 Å². The molecule has 2 aromatic carbocycles. The molecule has 0 N–H and O–H groups in total. The fourth-order valence-electron chi connectivity index (χ4n) is 3.25. The van der Waals surface area contributed by atoms with Crippen molar-refractivity contribution in [1.82, 2.24) is 0 Å². The molecular weight excluding hydrogens is 328 g/mol. The van der Waals surface area contributed by atoms with Crippen molar-refractivity contribution in [2.24, 2.45) is 0 Å². The summed E-state index contributed by atoms with van der Waals surface area (Å²) in [5.41, 5.74) is 4.54. The van der Waals surface area contributed by atoms with Gasteiger partial charge in [0.05, 0.1) is 28.4 Å². The molecule has 142 valence electrons. The number of rotatable bonds is 9. The van der Waals surface area contributed by atoms with Crippen molar-refractivity contribution in [1.29, 1.82) is 0 Å². The topological polar surface area (TPSA) is 36.9 Å². The zero-order chi connectivity index (χ0) is 19.1. The summed E-state index contributed by atoms with van der Waals surface area (Å²) in [6.45, 7) is 4.06. The fraction of sp³-hybridized carbons (Fsp3) is 0.455. The van der Waals surface area contributed by atoms with Crippen LogP contribution in [0.25, 0.3) is 0 Å². The van der Waals surface area contributed by atoms with Gasteiger partial charge in [-0.2, -0.15) is 0 Å². The molecule has 0 heterocycles. The van der Waals surface area contributed by atoms with Crippen molar-refractivity contribution in [2.45, 2.75) is 39.5 Å². The second kappa shape index (κ2) is 9.37. The Labute approximate surface area is 157 Å². The molecule has 0 amide bonds. The van der Waals surface area contributed by atoms with E-state index in [1.807, 2.05) is 26.0 Å². The highest BCUT2D eigenvalue weighted by Crippen LogP contribution is 2.31. The van der Waals surface area contributed by atoms with E-state index in [1.54, 1.807) is 28.4 Å². The highest BCUT2D eigenvalue weighted by atomic mass is 16.5. The third-order valence-electron chi connectivity index (χ3n) is 4.74. The molecule has 2 aromatic rings. The molecule has 0 unspecified atom stereocenters. The third-order valence-corrected chi connectivity index (χ3v) is 4.74. The van der Waals surface area contributed by atoms with E-state index in [0.29, 0.717) is 0 Å². The molecular formula is C22H30O4. The Bertz CT molecular complexity index is 674. The minimum absolute atomic E-state index is 0.908. The maximum atomic E-state index is 5.53. The maximum absolute atomic E-state index is 5.53. The van der Waals surface area contributed by atoms with Crippen LogP contribution in [0.1, 0.15) is 35.1 Å². The number of hydrogen-bond donors (Lipinski definition) is 0. The van der Waals surface area contributed by atoms with E-state index in [1.165, 1.54) is 11.1 Å². The Kier molecular flexibility index (Phi) is 7.19. The minimum atomic E-state index is 0.908. The summed E-state index contributed by atoms with van der Waals surface area (Å²) < 4.78 is 21.9. The lowest BCUT2D eigenvalue weighted by atomic mass is 10.00. The van der Waals surface area contributed by atoms with Gasteiger partial charge >= 0.3 is 0 Å². The maximum Gasteiger partial charge on any atom is 0.122 e. The summed E-state index contributed by atoms with van der Waals surface area (Å²) in [6.07, 6.45) is 4.01. The summed E-state index contributed by atoms with van der Waals surface area (Å²) in [5.74, 6) is 3.67. The van der Waals surface area contributed by atoms with Crippen LogP contribution in [0, 0.1) is 13.8 Å². The monoisotopic (exact) mass is 358 g/mol. The molecule has 26 heavy (non-hydrogen) atoms. The van der Waals surface area contributed by atoms with Gasteiger partial charge in [-0.3, -0.25) is 0 Å². The summed E-state index contributed by atoms with van der Waals surface area (Å²) in [4.78, 5) is 0. The highest BCUT2D eigenvalue weighted by Gasteiger charge is 2.11. The first kappa shape index (κ1) is 20.0. The van der Waals surface area contributed by atoms with E-state index >= 15 is 0 Å². The number of benzene rings is 2. The lowest BCUT2D eigenvalue weighted by Crippen LogP contribution is -1.99. The molecule has 0 aliphatic heterocycles. The van der Waals surface area contributed by atoms with Crippen molar-refractivity contribution >= 4 is 0 Å². The number of ether oxygens (including phenoxy) is 4. The Hall–Kier alpha value is -2.36. The molecule has 2 rings (SSSR count). The molecule has 0 aliphatic rings. The second-order valence-electron chi connectivity index (χ2n) is 6.47. The highest BCUT2D eigenvalue weighted by molar-refractivity contribution is 5.47. The van der Waals surface area contributed by atoms with E-state index in [0.717, 1.165) is 59.8 Å². The molecule has 0 aliphatic carbocycles. The Morgan fingerprint density at radius 1 is 0.538 bits per heavy atom. The first-order chi connectivity index (χ1) is 12.5. The van der Waals surface area contributed by atoms with Crippen LogP contribution in [0.5, 0.6) is 23.0 Å². The SMILES string of the molecule is COc1cc(CCCCc2cc(OC)c(C)cc2OC)c(OC)cc1C. The van der Waals surface area contributed by atoms with Gasteiger partial charge in [0.25, 0.3) is 0 Å². The number of unbranched alkanes of at least 4 members (excludes halogenated alkanes) is 1. The molecule has 0 fully saturated rings. The Balaban J connectivity index is 2.03. The van der Waals surface area contributed by atoms with Gasteiger partial charge in [-0.05, 0) is 86.1 Å². The van der Waals surface area contributed by atoms with Crippen LogP contribution < -0.4 is 18.9 Å². The number of aryl methyl sites for hydroxylation is 4. The largest absolute Gasteiger partial charge is 0.496 e. The quantitative estimate of drug-likeness (QED) is 0.597. The van der Waals surface area contributed by atoms with Gasteiger partial charge in [-0.15, -0.1) is 0 Å². The fourth-order valence-corrected chi connectivity index (χ4v) is 3.25. The standard InChI is InChI=1S/C22H30O4/c1-15-11-21(25-5)17(13-19(15)23-3)9-7-8-10-18-14-20(24-4)16(2)12-22(18)26-6/h11-14H,7-10H2,1-6H3. The molecule has 4 heteroatoms. The van der Waals surface area contributed by atoms with Gasteiger partial charge in [0.15, 0.2) is 0 Å².